The van der Waals surface area contributed by atoms with Crippen molar-refractivity contribution in [1.29, 1.82) is 0 Å². The lowest BCUT2D eigenvalue weighted by molar-refractivity contribution is -0.384. The molecule has 0 fully saturated rings. The lowest BCUT2D eigenvalue weighted by Gasteiger charge is -2.00. The number of carbonyl (C=O) groups is 1. The van der Waals surface area contributed by atoms with E-state index < -0.39 is 10.8 Å². The molecule has 1 amide bonds. The summed E-state index contributed by atoms with van der Waals surface area (Å²) in [5, 5.41) is 24.7. The SMILES string of the molecule is O=C(N/N=C/c1cccc([N+](=O)[O-])c1)c1ccc2nc(-c3ccccc3O)[nH]c2c1. The third kappa shape index (κ3) is 3.85. The van der Waals surface area contributed by atoms with Crippen LogP contribution in [0.4, 0.5) is 5.69 Å². The Bertz CT molecular complexity index is 1300. The highest BCUT2D eigenvalue weighted by Crippen LogP contribution is 2.28. The minimum absolute atomic E-state index is 0.0600. The van der Waals surface area contributed by atoms with Gasteiger partial charge >= 0.3 is 0 Å². The number of carbonyl (C=O) groups excluding carboxylic acids is 1. The monoisotopic (exact) mass is 401 g/mol. The number of hydrogen-bond acceptors (Lipinski definition) is 6. The van der Waals surface area contributed by atoms with Crippen LogP contribution in [-0.2, 0) is 0 Å². The van der Waals surface area contributed by atoms with Crippen LogP contribution < -0.4 is 5.43 Å². The van der Waals surface area contributed by atoms with Crippen LogP contribution in [0.5, 0.6) is 5.75 Å². The number of hydrazone groups is 1. The summed E-state index contributed by atoms with van der Waals surface area (Å²) in [6.07, 6.45) is 1.33. The fourth-order valence-electron chi connectivity index (χ4n) is 2.90. The topological polar surface area (TPSA) is 134 Å². The highest BCUT2D eigenvalue weighted by molar-refractivity contribution is 5.98. The minimum Gasteiger partial charge on any atom is -0.507 e. The van der Waals surface area contributed by atoms with Gasteiger partial charge in [0.15, 0.2) is 0 Å². The van der Waals surface area contributed by atoms with Crippen molar-refractivity contribution in [3.8, 4) is 17.1 Å². The third-order valence-electron chi connectivity index (χ3n) is 4.36. The molecule has 0 bridgehead atoms. The number of nitrogens with one attached hydrogen (secondary N) is 2. The second-order valence-corrected chi connectivity index (χ2v) is 6.39. The van der Waals surface area contributed by atoms with Crippen molar-refractivity contribution in [1.82, 2.24) is 15.4 Å². The van der Waals surface area contributed by atoms with Crippen molar-refractivity contribution in [2.45, 2.75) is 0 Å². The van der Waals surface area contributed by atoms with Crippen LogP contribution in [0.2, 0.25) is 0 Å². The van der Waals surface area contributed by atoms with Crippen molar-refractivity contribution in [2.75, 3.05) is 0 Å². The number of phenols is 1. The Morgan fingerprint density at radius 1 is 1.13 bits per heavy atom. The molecule has 0 saturated heterocycles. The van der Waals surface area contributed by atoms with Gasteiger partial charge in [-0.15, -0.1) is 0 Å². The molecule has 0 aliphatic rings. The first kappa shape index (κ1) is 18.8. The number of nitro benzene ring substituents is 1. The molecule has 0 atom stereocenters. The Hall–Kier alpha value is -4.53. The van der Waals surface area contributed by atoms with E-state index in [2.05, 4.69) is 20.5 Å². The van der Waals surface area contributed by atoms with E-state index in [0.29, 0.717) is 33.5 Å². The summed E-state index contributed by atoms with van der Waals surface area (Å²) in [7, 11) is 0. The highest BCUT2D eigenvalue weighted by atomic mass is 16.6. The van der Waals surface area contributed by atoms with Crippen molar-refractivity contribution in [3.05, 3.63) is 88.0 Å². The zero-order valence-corrected chi connectivity index (χ0v) is 15.4. The summed E-state index contributed by atoms with van der Waals surface area (Å²) in [6.45, 7) is 0. The molecule has 1 aromatic heterocycles. The molecule has 0 unspecified atom stereocenters. The van der Waals surface area contributed by atoms with E-state index in [1.54, 1.807) is 48.5 Å². The number of rotatable bonds is 5. The molecule has 0 aliphatic carbocycles. The summed E-state index contributed by atoms with van der Waals surface area (Å²) < 4.78 is 0. The molecule has 0 aliphatic heterocycles. The number of aromatic hydroxyl groups is 1. The first-order valence-corrected chi connectivity index (χ1v) is 8.87. The summed E-state index contributed by atoms with van der Waals surface area (Å²) in [5.74, 6) is 0.145. The molecule has 3 aromatic carbocycles. The number of non-ortho nitro benzene ring substituents is 1. The number of para-hydroxylation sites is 1. The van der Waals surface area contributed by atoms with E-state index in [0.717, 1.165) is 0 Å². The van der Waals surface area contributed by atoms with Crippen molar-refractivity contribution >= 4 is 28.8 Å². The van der Waals surface area contributed by atoms with Crippen molar-refractivity contribution < 1.29 is 14.8 Å². The predicted octanol–water partition coefficient (Wildman–Crippen LogP) is 3.61. The van der Waals surface area contributed by atoms with Crippen LogP contribution >= 0.6 is 0 Å². The zero-order valence-electron chi connectivity index (χ0n) is 15.4. The fourth-order valence-corrected chi connectivity index (χ4v) is 2.90. The Kier molecular flexibility index (Phi) is 4.92. The van der Waals surface area contributed by atoms with Gasteiger partial charge in [-0.2, -0.15) is 5.10 Å². The largest absolute Gasteiger partial charge is 0.507 e. The number of nitrogens with zero attached hydrogens (tertiary/aromatic N) is 3. The number of nitro groups is 1. The Morgan fingerprint density at radius 3 is 2.77 bits per heavy atom. The minimum atomic E-state index is -0.501. The van der Waals surface area contributed by atoms with Crippen molar-refractivity contribution in [2.24, 2.45) is 5.10 Å². The summed E-state index contributed by atoms with van der Waals surface area (Å²) in [4.78, 5) is 30.2. The van der Waals surface area contributed by atoms with Gasteiger partial charge in [0.05, 0.1) is 27.7 Å². The van der Waals surface area contributed by atoms with E-state index in [-0.39, 0.29) is 11.4 Å². The number of benzene rings is 3. The number of aromatic amines is 1. The third-order valence-corrected chi connectivity index (χ3v) is 4.36. The van der Waals surface area contributed by atoms with Crippen LogP contribution in [0.25, 0.3) is 22.4 Å². The molecular weight excluding hydrogens is 386 g/mol. The maximum absolute atomic E-state index is 12.4. The number of fused-ring (bicyclic) bond motifs is 1. The van der Waals surface area contributed by atoms with Crippen LogP contribution in [0, 0.1) is 10.1 Å². The smallest absolute Gasteiger partial charge is 0.271 e. The maximum atomic E-state index is 12.4. The first-order chi connectivity index (χ1) is 14.5. The number of H-pyrrole nitrogens is 1. The molecule has 30 heavy (non-hydrogen) atoms. The molecule has 4 aromatic rings. The normalized spacial score (nSPS) is 11.1. The van der Waals surface area contributed by atoms with Gasteiger partial charge in [-0.25, -0.2) is 10.4 Å². The maximum Gasteiger partial charge on any atom is 0.271 e. The van der Waals surface area contributed by atoms with Gasteiger partial charge in [0.25, 0.3) is 11.6 Å². The van der Waals surface area contributed by atoms with E-state index in [4.69, 9.17) is 0 Å². The average molecular weight is 401 g/mol. The molecule has 9 heteroatoms. The molecule has 0 radical (unpaired) electrons. The van der Waals surface area contributed by atoms with Gasteiger partial charge in [-0.3, -0.25) is 14.9 Å². The van der Waals surface area contributed by atoms with Gasteiger partial charge in [0.1, 0.15) is 11.6 Å². The summed E-state index contributed by atoms with van der Waals surface area (Å²) >= 11 is 0. The molecule has 148 valence electrons. The molecular formula is C21H15N5O4. The van der Waals surface area contributed by atoms with Crippen LogP contribution in [0.15, 0.2) is 71.8 Å². The van der Waals surface area contributed by atoms with Gasteiger partial charge in [-0.1, -0.05) is 24.3 Å². The van der Waals surface area contributed by atoms with Gasteiger partial charge in [-0.05, 0) is 30.3 Å². The number of aromatic nitrogens is 2. The predicted molar refractivity (Wildman–Crippen MR) is 111 cm³/mol. The van der Waals surface area contributed by atoms with Gasteiger partial charge in [0, 0.05) is 23.3 Å². The number of amides is 1. The van der Waals surface area contributed by atoms with Gasteiger partial charge < -0.3 is 10.1 Å². The highest BCUT2D eigenvalue weighted by Gasteiger charge is 2.12. The van der Waals surface area contributed by atoms with Crippen LogP contribution in [-0.4, -0.2) is 32.1 Å². The molecule has 4 rings (SSSR count). The lowest BCUT2D eigenvalue weighted by atomic mass is 10.2. The van der Waals surface area contributed by atoms with Crippen LogP contribution in [0.3, 0.4) is 0 Å². The molecule has 0 spiro atoms. The molecule has 0 saturated carbocycles. The van der Waals surface area contributed by atoms with E-state index >= 15 is 0 Å². The van der Waals surface area contributed by atoms with Crippen molar-refractivity contribution in [3.63, 3.8) is 0 Å². The molecule has 3 N–H and O–H groups in total. The Morgan fingerprint density at radius 2 is 1.97 bits per heavy atom. The molecule has 9 nitrogen and oxygen atoms in total. The molecule has 1 heterocycles. The van der Waals surface area contributed by atoms with Crippen LogP contribution in [0.1, 0.15) is 15.9 Å². The van der Waals surface area contributed by atoms with E-state index in [9.17, 15) is 20.0 Å². The number of hydrogen-bond donors (Lipinski definition) is 3. The number of phenolic OH excluding ortho intramolecular Hbond substituents is 1. The van der Waals surface area contributed by atoms with E-state index in [1.165, 1.54) is 24.4 Å². The number of imidazole rings is 1. The first-order valence-electron chi connectivity index (χ1n) is 8.87. The fraction of sp³-hybridized carbons (Fsp3) is 0. The second-order valence-electron chi connectivity index (χ2n) is 6.39. The second kappa shape index (κ2) is 7.84. The Labute approximate surface area is 169 Å². The summed E-state index contributed by atoms with van der Waals surface area (Å²) in [6, 6.07) is 17.7. The quantitative estimate of drug-likeness (QED) is 0.267. The Balaban J connectivity index is 1.52. The van der Waals surface area contributed by atoms with E-state index in [1.807, 2.05) is 0 Å². The zero-order chi connectivity index (χ0) is 21.1. The summed E-state index contributed by atoms with van der Waals surface area (Å²) in [5.41, 5.74) is 5.00. The standard InChI is InChI=1S/C21H15N5O4/c27-19-7-2-1-6-16(19)20-23-17-9-8-14(11-18(17)24-20)21(28)25-22-12-13-4-3-5-15(10-13)26(29)30/h1-12,27H,(H,23,24)(H,25,28)/b22-12+. The van der Waals surface area contributed by atoms with Gasteiger partial charge in [0.2, 0.25) is 0 Å². The lowest BCUT2D eigenvalue weighted by Crippen LogP contribution is -2.17. The average Bonchev–Trinajstić information content (AvgIpc) is 3.17.